The van der Waals surface area contributed by atoms with Crippen molar-refractivity contribution in [1.82, 2.24) is 21.0 Å². The lowest BCUT2D eigenvalue weighted by Gasteiger charge is -2.29. The fourth-order valence-electron chi connectivity index (χ4n) is 4.10. The van der Waals surface area contributed by atoms with Gasteiger partial charge < -0.3 is 20.4 Å². The van der Waals surface area contributed by atoms with Gasteiger partial charge in [0, 0.05) is 18.2 Å². The van der Waals surface area contributed by atoms with Crippen LogP contribution >= 0.6 is 0 Å². The number of carbonyl (C=O) groups is 4. The Balaban J connectivity index is 2.00. The summed E-state index contributed by atoms with van der Waals surface area (Å²) in [6.45, 7) is 5.52. The highest BCUT2D eigenvalue weighted by molar-refractivity contribution is 5.96. The number of unbranched alkanes of at least 4 members (excludes halogenated alkanes) is 2. The largest absolute Gasteiger partial charge is 0.451 e. The van der Waals surface area contributed by atoms with E-state index < -0.39 is 17.9 Å². The molecule has 196 valence electrons. The zero-order valence-electron chi connectivity index (χ0n) is 21.3. The van der Waals surface area contributed by atoms with Gasteiger partial charge in [-0.1, -0.05) is 39.2 Å². The Labute approximate surface area is 211 Å². The second kappa shape index (κ2) is 14.0. The predicted molar refractivity (Wildman–Crippen MR) is 134 cm³/mol. The Kier molecular flexibility index (Phi) is 11.1. The van der Waals surface area contributed by atoms with Gasteiger partial charge in [-0.05, 0) is 49.6 Å². The third kappa shape index (κ3) is 7.42. The third-order valence-corrected chi connectivity index (χ3v) is 6.11. The van der Waals surface area contributed by atoms with E-state index in [-0.39, 0.29) is 24.2 Å². The highest BCUT2D eigenvalue weighted by Gasteiger charge is 2.30. The number of aryl methyl sites for hydroxylation is 1. The normalized spacial score (nSPS) is 12.4. The van der Waals surface area contributed by atoms with Gasteiger partial charge in [0.1, 0.15) is 5.76 Å². The molecule has 0 aliphatic heterocycles. The second-order valence-corrected chi connectivity index (χ2v) is 8.56. The summed E-state index contributed by atoms with van der Waals surface area (Å²) in [5, 5.41) is 18.3. The standard InChI is InChI=1S/C26H36N4O6/c1-5-7-8-9-20(21(6-2)30(35)16-31)25(33)28-15-29-26(34)23-13-12-22(36-23)18-10-11-19(17(3)14-18)24(32)27-4/h10-14,16,20-21,35H,5-9,15H2,1-4H3,(H,27,32)(H,28,33)(H,29,34)/t20-,21-/m1/s1. The molecule has 1 aromatic carbocycles. The van der Waals surface area contributed by atoms with E-state index in [4.69, 9.17) is 4.42 Å². The number of nitrogens with one attached hydrogen (secondary N) is 3. The first kappa shape index (κ1) is 28.6. The van der Waals surface area contributed by atoms with Crippen LogP contribution in [-0.2, 0) is 9.59 Å². The predicted octanol–water partition coefficient (Wildman–Crippen LogP) is 3.24. The Hall–Kier alpha value is -3.66. The van der Waals surface area contributed by atoms with Crippen LogP contribution in [0.2, 0.25) is 0 Å². The van der Waals surface area contributed by atoms with E-state index >= 15 is 0 Å². The van der Waals surface area contributed by atoms with Crippen molar-refractivity contribution in [3.05, 3.63) is 47.2 Å². The lowest BCUT2D eigenvalue weighted by Crippen LogP contribution is -2.47. The number of nitrogens with zero attached hydrogens (tertiary/aromatic N) is 1. The molecule has 0 saturated carbocycles. The summed E-state index contributed by atoms with van der Waals surface area (Å²) in [5.74, 6) is -1.12. The smallest absolute Gasteiger partial charge is 0.288 e. The van der Waals surface area contributed by atoms with Crippen LogP contribution in [0.1, 0.15) is 72.4 Å². The van der Waals surface area contributed by atoms with E-state index in [2.05, 4.69) is 16.0 Å². The molecule has 0 fully saturated rings. The number of rotatable bonds is 14. The minimum absolute atomic E-state index is 0.0701. The Morgan fingerprint density at radius 1 is 1.08 bits per heavy atom. The van der Waals surface area contributed by atoms with Crippen LogP contribution in [0.25, 0.3) is 11.3 Å². The van der Waals surface area contributed by atoms with Crippen molar-refractivity contribution in [3.63, 3.8) is 0 Å². The molecule has 10 nitrogen and oxygen atoms in total. The Morgan fingerprint density at radius 3 is 2.44 bits per heavy atom. The van der Waals surface area contributed by atoms with Crippen molar-refractivity contribution in [1.29, 1.82) is 0 Å². The van der Waals surface area contributed by atoms with Crippen molar-refractivity contribution in [3.8, 4) is 11.3 Å². The van der Waals surface area contributed by atoms with Crippen molar-refractivity contribution in [2.45, 2.75) is 58.9 Å². The minimum atomic E-state index is -0.652. The van der Waals surface area contributed by atoms with Gasteiger partial charge >= 0.3 is 0 Å². The summed E-state index contributed by atoms with van der Waals surface area (Å²) in [4.78, 5) is 48.3. The van der Waals surface area contributed by atoms with Gasteiger partial charge in [0.25, 0.3) is 11.8 Å². The first-order valence-electron chi connectivity index (χ1n) is 12.2. The number of benzene rings is 1. The summed E-state index contributed by atoms with van der Waals surface area (Å²) < 4.78 is 5.68. The fraction of sp³-hybridized carbons (Fsp3) is 0.462. The molecule has 2 aromatic rings. The van der Waals surface area contributed by atoms with Crippen molar-refractivity contribution >= 4 is 24.1 Å². The van der Waals surface area contributed by atoms with Crippen LogP contribution < -0.4 is 16.0 Å². The molecule has 1 aromatic heterocycles. The molecule has 0 aliphatic carbocycles. The van der Waals surface area contributed by atoms with Crippen LogP contribution in [0, 0.1) is 12.8 Å². The molecule has 0 unspecified atom stereocenters. The number of furan rings is 1. The zero-order valence-corrected chi connectivity index (χ0v) is 21.3. The first-order valence-corrected chi connectivity index (χ1v) is 12.2. The molecule has 36 heavy (non-hydrogen) atoms. The number of carbonyl (C=O) groups excluding carboxylic acids is 4. The van der Waals surface area contributed by atoms with E-state index in [1.165, 1.54) is 6.07 Å². The van der Waals surface area contributed by atoms with E-state index in [0.717, 1.165) is 30.4 Å². The molecule has 1 heterocycles. The van der Waals surface area contributed by atoms with Crippen molar-refractivity contribution in [2.24, 2.45) is 5.92 Å². The second-order valence-electron chi connectivity index (χ2n) is 8.56. The maximum absolute atomic E-state index is 12.8. The van der Waals surface area contributed by atoms with Gasteiger partial charge in [-0.25, -0.2) is 5.06 Å². The van der Waals surface area contributed by atoms with Crippen LogP contribution in [0.4, 0.5) is 0 Å². The van der Waals surface area contributed by atoms with Gasteiger partial charge in [-0.3, -0.25) is 24.4 Å². The Morgan fingerprint density at radius 2 is 1.83 bits per heavy atom. The molecule has 0 saturated heterocycles. The van der Waals surface area contributed by atoms with Gasteiger partial charge in [-0.15, -0.1) is 0 Å². The van der Waals surface area contributed by atoms with Gasteiger partial charge in [0.15, 0.2) is 5.76 Å². The molecular weight excluding hydrogens is 464 g/mol. The first-order chi connectivity index (χ1) is 17.3. The monoisotopic (exact) mass is 500 g/mol. The molecule has 2 atom stereocenters. The molecule has 0 spiro atoms. The van der Waals surface area contributed by atoms with Crippen LogP contribution in [-0.4, -0.2) is 54.2 Å². The molecule has 0 aliphatic rings. The fourth-order valence-corrected chi connectivity index (χ4v) is 4.10. The summed E-state index contributed by atoms with van der Waals surface area (Å²) >= 11 is 0. The SMILES string of the molecule is CCCCC[C@@H](C(=O)NCNC(=O)c1ccc(-c2ccc(C(=O)NC)c(C)c2)o1)[C@@H](CC)N(O)C=O. The Bertz CT molecular complexity index is 1050. The van der Waals surface area contributed by atoms with E-state index in [0.29, 0.717) is 35.6 Å². The number of amides is 4. The van der Waals surface area contributed by atoms with Crippen LogP contribution in [0.15, 0.2) is 34.7 Å². The van der Waals surface area contributed by atoms with E-state index in [1.54, 1.807) is 38.2 Å². The summed E-state index contributed by atoms with van der Waals surface area (Å²) in [6, 6.07) is 7.78. The lowest BCUT2D eigenvalue weighted by molar-refractivity contribution is -0.168. The minimum Gasteiger partial charge on any atom is -0.451 e. The zero-order chi connectivity index (χ0) is 26.7. The van der Waals surface area contributed by atoms with Crippen molar-refractivity contribution in [2.75, 3.05) is 13.7 Å². The summed E-state index contributed by atoms with van der Waals surface area (Å²) in [6.07, 6.45) is 3.90. The number of hydrogen-bond donors (Lipinski definition) is 4. The van der Waals surface area contributed by atoms with E-state index in [1.807, 2.05) is 13.8 Å². The van der Waals surface area contributed by atoms with Gasteiger partial charge in [0.2, 0.25) is 12.3 Å². The van der Waals surface area contributed by atoms with Gasteiger partial charge in [-0.2, -0.15) is 0 Å². The molecule has 0 radical (unpaired) electrons. The third-order valence-electron chi connectivity index (χ3n) is 6.11. The highest BCUT2D eigenvalue weighted by atomic mass is 16.5. The molecule has 2 rings (SSSR count). The molecular formula is C26H36N4O6. The molecule has 4 N–H and O–H groups in total. The molecule has 4 amide bonds. The number of hydroxylamine groups is 2. The van der Waals surface area contributed by atoms with Crippen LogP contribution in [0.3, 0.4) is 0 Å². The van der Waals surface area contributed by atoms with Gasteiger partial charge in [0.05, 0.1) is 18.6 Å². The highest BCUT2D eigenvalue weighted by Crippen LogP contribution is 2.25. The van der Waals surface area contributed by atoms with Crippen molar-refractivity contribution < 1.29 is 28.8 Å². The average molecular weight is 501 g/mol. The topological polar surface area (TPSA) is 141 Å². The summed E-state index contributed by atoms with van der Waals surface area (Å²) in [7, 11) is 1.57. The van der Waals surface area contributed by atoms with E-state index in [9.17, 15) is 24.4 Å². The van der Waals surface area contributed by atoms with Crippen LogP contribution in [0.5, 0.6) is 0 Å². The quantitative estimate of drug-likeness (QED) is 0.103. The maximum atomic E-state index is 12.8. The number of hydrogen-bond acceptors (Lipinski definition) is 6. The molecule has 10 heteroatoms. The maximum Gasteiger partial charge on any atom is 0.288 e. The lowest BCUT2D eigenvalue weighted by atomic mass is 9.90. The molecule has 0 bridgehead atoms. The average Bonchev–Trinajstić information content (AvgIpc) is 3.38. The summed E-state index contributed by atoms with van der Waals surface area (Å²) in [5.41, 5.74) is 2.04.